The lowest BCUT2D eigenvalue weighted by Gasteiger charge is -2.25. The predicted molar refractivity (Wildman–Crippen MR) is 71.1 cm³/mol. The number of benzene rings is 1. The summed E-state index contributed by atoms with van der Waals surface area (Å²) in [7, 11) is 0. The molecule has 0 N–H and O–H groups in total. The monoisotopic (exact) mass is 216 g/mol. The van der Waals surface area contributed by atoms with E-state index in [2.05, 4.69) is 39.0 Å². The first-order valence-corrected chi connectivity index (χ1v) is 6.79. The molecular weight excluding hydrogens is 192 g/mol. The average Bonchev–Trinajstić information content (AvgIpc) is 2.30. The van der Waals surface area contributed by atoms with Crippen molar-refractivity contribution < 1.29 is 0 Å². The van der Waals surface area contributed by atoms with E-state index in [9.17, 15) is 0 Å². The number of rotatable bonds is 2. The van der Waals surface area contributed by atoms with Crippen molar-refractivity contribution in [1.29, 1.82) is 0 Å². The molecule has 2 rings (SSSR count). The van der Waals surface area contributed by atoms with Crippen LogP contribution in [0, 0.1) is 6.92 Å². The van der Waals surface area contributed by atoms with E-state index < -0.39 is 0 Å². The lowest BCUT2D eigenvalue weighted by Crippen LogP contribution is -2.07. The van der Waals surface area contributed by atoms with Crippen LogP contribution >= 0.6 is 0 Å². The van der Waals surface area contributed by atoms with Crippen molar-refractivity contribution in [1.82, 2.24) is 0 Å². The predicted octanol–water partition coefficient (Wildman–Crippen LogP) is 5.17. The van der Waals surface area contributed by atoms with E-state index in [1.807, 2.05) is 0 Å². The molecule has 0 aromatic heterocycles. The molecular formula is C16H24. The first kappa shape index (κ1) is 11.7. The Labute approximate surface area is 100 Å². The fourth-order valence-electron chi connectivity index (χ4n) is 3.15. The van der Waals surface area contributed by atoms with Crippen molar-refractivity contribution in [3.8, 4) is 0 Å². The Morgan fingerprint density at radius 2 is 1.75 bits per heavy atom. The molecule has 0 unspecified atom stereocenters. The smallest absolute Gasteiger partial charge is 0.0159 e. The lowest BCUT2D eigenvalue weighted by atomic mass is 9.80. The zero-order valence-corrected chi connectivity index (χ0v) is 10.9. The van der Waals surface area contributed by atoms with Gasteiger partial charge < -0.3 is 0 Å². The standard InChI is InChI=1S/C16H24/c1-12(2)15-10-7-11-16(13(15)3)14-8-5-4-6-9-14/h7,10-12,14H,4-6,8-9H2,1-3H3. The third-order valence-corrected chi connectivity index (χ3v) is 4.08. The molecule has 0 radical (unpaired) electrons. The van der Waals surface area contributed by atoms with Gasteiger partial charge in [-0.25, -0.2) is 0 Å². The van der Waals surface area contributed by atoms with Crippen molar-refractivity contribution >= 4 is 0 Å². The van der Waals surface area contributed by atoms with E-state index in [0.717, 1.165) is 5.92 Å². The van der Waals surface area contributed by atoms with Gasteiger partial charge in [0.05, 0.1) is 0 Å². The van der Waals surface area contributed by atoms with Gasteiger partial charge in [0.15, 0.2) is 0 Å². The van der Waals surface area contributed by atoms with Crippen LogP contribution in [-0.2, 0) is 0 Å². The third-order valence-electron chi connectivity index (χ3n) is 4.08. The second-order valence-electron chi connectivity index (χ2n) is 5.55. The lowest BCUT2D eigenvalue weighted by molar-refractivity contribution is 0.442. The summed E-state index contributed by atoms with van der Waals surface area (Å²) in [5.74, 6) is 1.50. The summed E-state index contributed by atoms with van der Waals surface area (Å²) in [5, 5.41) is 0. The Kier molecular flexibility index (Phi) is 3.68. The maximum atomic E-state index is 2.36. The Bertz CT molecular complexity index is 343. The van der Waals surface area contributed by atoms with Gasteiger partial charge in [0.25, 0.3) is 0 Å². The second kappa shape index (κ2) is 5.03. The van der Waals surface area contributed by atoms with E-state index in [4.69, 9.17) is 0 Å². The van der Waals surface area contributed by atoms with Crippen molar-refractivity contribution in [2.45, 2.75) is 64.7 Å². The van der Waals surface area contributed by atoms with Crippen molar-refractivity contribution in [3.63, 3.8) is 0 Å². The maximum Gasteiger partial charge on any atom is -0.0159 e. The van der Waals surface area contributed by atoms with Gasteiger partial charge in [-0.15, -0.1) is 0 Å². The zero-order valence-electron chi connectivity index (χ0n) is 10.9. The molecule has 1 aromatic carbocycles. The van der Waals surface area contributed by atoms with Crippen LogP contribution in [0.5, 0.6) is 0 Å². The minimum Gasteiger partial charge on any atom is -0.0617 e. The minimum atomic E-state index is 0.656. The van der Waals surface area contributed by atoms with Gasteiger partial charge in [-0.2, -0.15) is 0 Å². The summed E-state index contributed by atoms with van der Waals surface area (Å²) < 4.78 is 0. The van der Waals surface area contributed by atoms with Crippen LogP contribution in [-0.4, -0.2) is 0 Å². The van der Waals surface area contributed by atoms with Gasteiger partial charge in [-0.1, -0.05) is 51.3 Å². The molecule has 88 valence electrons. The second-order valence-corrected chi connectivity index (χ2v) is 5.55. The van der Waals surface area contributed by atoms with E-state index in [1.54, 1.807) is 16.7 Å². The molecule has 1 aliphatic carbocycles. The van der Waals surface area contributed by atoms with Gasteiger partial charge in [0, 0.05) is 0 Å². The van der Waals surface area contributed by atoms with Crippen molar-refractivity contribution in [2.75, 3.05) is 0 Å². The molecule has 1 fully saturated rings. The molecule has 1 saturated carbocycles. The summed E-state index contributed by atoms with van der Waals surface area (Å²) in [5.41, 5.74) is 4.73. The van der Waals surface area contributed by atoms with Crippen molar-refractivity contribution in [2.24, 2.45) is 0 Å². The van der Waals surface area contributed by atoms with Gasteiger partial charge >= 0.3 is 0 Å². The summed E-state index contributed by atoms with van der Waals surface area (Å²) in [6, 6.07) is 6.91. The van der Waals surface area contributed by atoms with E-state index in [-0.39, 0.29) is 0 Å². The summed E-state index contributed by atoms with van der Waals surface area (Å²) >= 11 is 0. The topological polar surface area (TPSA) is 0 Å². The molecule has 0 atom stereocenters. The van der Waals surface area contributed by atoms with Crippen LogP contribution in [0.15, 0.2) is 18.2 Å². The Hall–Kier alpha value is -0.780. The molecule has 0 heteroatoms. The first-order valence-electron chi connectivity index (χ1n) is 6.79. The molecule has 1 aliphatic rings. The Balaban J connectivity index is 2.29. The Morgan fingerprint density at radius 3 is 2.38 bits per heavy atom. The summed E-state index contributed by atoms with van der Waals surface area (Å²) in [6.07, 6.45) is 7.11. The van der Waals surface area contributed by atoms with Crippen LogP contribution in [0.3, 0.4) is 0 Å². The quantitative estimate of drug-likeness (QED) is 0.640. The Morgan fingerprint density at radius 1 is 1.06 bits per heavy atom. The molecule has 16 heavy (non-hydrogen) atoms. The highest BCUT2D eigenvalue weighted by Crippen LogP contribution is 2.36. The first-order chi connectivity index (χ1) is 7.70. The number of hydrogen-bond acceptors (Lipinski definition) is 0. The van der Waals surface area contributed by atoms with Gasteiger partial charge in [0.2, 0.25) is 0 Å². The van der Waals surface area contributed by atoms with Crippen LogP contribution in [0.2, 0.25) is 0 Å². The normalized spacial score (nSPS) is 18.0. The average molecular weight is 216 g/mol. The molecule has 0 spiro atoms. The van der Waals surface area contributed by atoms with Crippen LogP contribution < -0.4 is 0 Å². The van der Waals surface area contributed by atoms with E-state index in [0.29, 0.717) is 5.92 Å². The van der Waals surface area contributed by atoms with Gasteiger partial charge in [-0.05, 0) is 48.3 Å². The van der Waals surface area contributed by atoms with Crippen molar-refractivity contribution in [3.05, 3.63) is 34.9 Å². The maximum absolute atomic E-state index is 2.36. The summed E-state index contributed by atoms with van der Waals surface area (Å²) in [4.78, 5) is 0. The van der Waals surface area contributed by atoms with E-state index >= 15 is 0 Å². The third kappa shape index (κ3) is 2.31. The summed E-state index contributed by atoms with van der Waals surface area (Å²) in [6.45, 7) is 6.92. The van der Waals surface area contributed by atoms with Crippen LogP contribution in [0.1, 0.15) is 74.5 Å². The molecule has 0 amide bonds. The fourth-order valence-corrected chi connectivity index (χ4v) is 3.15. The zero-order chi connectivity index (χ0) is 11.5. The highest BCUT2D eigenvalue weighted by molar-refractivity contribution is 5.38. The fraction of sp³-hybridized carbons (Fsp3) is 0.625. The minimum absolute atomic E-state index is 0.656. The van der Waals surface area contributed by atoms with Gasteiger partial charge in [-0.3, -0.25) is 0 Å². The SMILES string of the molecule is Cc1c(C(C)C)cccc1C1CCCCC1. The molecule has 0 bridgehead atoms. The molecule has 0 nitrogen and oxygen atoms in total. The molecule has 1 aromatic rings. The molecule has 0 aliphatic heterocycles. The van der Waals surface area contributed by atoms with Crippen LogP contribution in [0.25, 0.3) is 0 Å². The highest BCUT2D eigenvalue weighted by Gasteiger charge is 2.18. The van der Waals surface area contributed by atoms with Crippen LogP contribution in [0.4, 0.5) is 0 Å². The molecule has 0 heterocycles. The largest absolute Gasteiger partial charge is 0.0617 e. The molecule has 0 saturated heterocycles. The number of hydrogen-bond donors (Lipinski definition) is 0. The van der Waals surface area contributed by atoms with Gasteiger partial charge in [0.1, 0.15) is 0 Å². The highest BCUT2D eigenvalue weighted by atomic mass is 14.2. The van der Waals surface area contributed by atoms with E-state index in [1.165, 1.54) is 32.1 Å².